The molecule has 0 saturated carbocycles. The highest BCUT2D eigenvalue weighted by Gasteiger charge is 2.17. The number of carbonyl (C=O) groups is 1. The van der Waals surface area contributed by atoms with Crippen LogP contribution in [0.25, 0.3) is 0 Å². The summed E-state index contributed by atoms with van der Waals surface area (Å²) in [7, 11) is 1.84. The van der Waals surface area contributed by atoms with Gasteiger partial charge in [0, 0.05) is 21.6 Å². The maximum absolute atomic E-state index is 12.4. The zero-order valence-electron chi connectivity index (χ0n) is 10.4. The molecular formula is C13H11Br3N2O. The molecule has 0 amide bonds. The van der Waals surface area contributed by atoms with Crippen molar-refractivity contribution >= 4 is 53.6 Å². The van der Waals surface area contributed by atoms with Crippen LogP contribution in [-0.4, -0.2) is 15.6 Å². The van der Waals surface area contributed by atoms with Crippen LogP contribution in [0.3, 0.4) is 0 Å². The Hall–Kier alpha value is -0.460. The molecule has 0 N–H and O–H groups in total. The molecule has 2 aromatic rings. The molecule has 0 aliphatic carbocycles. The first kappa shape index (κ1) is 14.9. The Balaban J connectivity index is 2.33. The van der Waals surface area contributed by atoms with Gasteiger partial charge in [0.2, 0.25) is 0 Å². The molecule has 0 spiro atoms. The molecule has 3 nitrogen and oxygen atoms in total. The number of ketones is 1. The van der Waals surface area contributed by atoms with E-state index in [0.29, 0.717) is 12.0 Å². The SMILES string of the molecule is Cc1nn(C)c(CC(=O)c2cc(Br)ccc2Br)c1Br. The van der Waals surface area contributed by atoms with Crippen LogP contribution in [0.1, 0.15) is 21.7 Å². The molecular weight excluding hydrogens is 440 g/mol. The van der Waals surface area contributed by atoms with Crippen LogP contribution in [-0.2, 0) is 13.5 Å². The van der Waals surface area contributed by atoms with Crippen LogP contribution in [0.2, 0.25) is 0 Å². The molecule has 2 rings (SSSR count). The van der Waals surface area contributed by atoms with E-state index in [-0.39, 0.29) is 5.78 Å². The topological polar surface area (TPSA) is 34.9 Å². The fourth-order valence-corrected chi connectivity index (χ4v) is 3.14. The lowest BCUT2D eigenvalue weighted by molar-refractivity contribution is 0.0990. The van der Waals surface area contributed by atoms with E-state index >= 15 is 0 Å². The molecule has 0 radical (unpaired) electrons. The van der Waals surface area contributed by atoms with Crippen molar-refractivity contribution in [2.24, 2.45) is 7.05 Å². The average Bonchev–Trinajstić information content (AvgIpc) is 2.59. The van der Waals surface area contributed by atoms with Gasteiger partial charge in [-0.2, -0.15) is 5.10 Å². The number of hydrogen-bond donors (Lipinski definition) is 0. The molecule has 0 saturated heterocycles. The Bertz CT molecular complexity index is 650. The zero-order valence-corrected chi connectivity index (χ0v) is 15.1. The highest BCUT2D eigenvalue weighted by atomic mass is 79.9. The molecule has 19 heavy (non-hydrogen) atoms. The average molecular weight is 451 g/mol. The van der Waals surface area contributed by atoms with Crippen molar-refractivity contribution in [3.8, 4) is 0 Å². The van der Waals surface area contributed by atoms with Crippen LogP contribution in [0, 0.1) is 6.92 Å². The lowest BCUT2D eigenvalue weighted by atomic mass is 10.1. The van der Waals surface area contributed by atoms with E-state index < -0.39 is 0 Å². The monoisotopic (exact) mass is 448 g/mol. The summed E-state index contributed by atoms with van der Waals surface area (Å²) in [5, 5.41) is 4.29. The molecule has 0 atom stereocenters. The van der Waals surface area contributed by atoms with Gasteiger partial charge in [-0.05, 0) is 41.1 Å². The molecule has 0 fully saturated rings. The summed E-state index contributed by atoms with van der Waals surface area (Å²) in [6, 6.07) is 5.58. The lowest BCUT2D eigenvalue weighted by Crippen LogP contribution is -2.09. The number of rotatable bonds is 3. The van der Waals surface area contributed by atoms with Gasteiger partial charge in [-0.1, -0.05) is 31.9 Å². The number of aromatic nitrogens is 2. The van der Waals surface area contributed by atoms with Crippen molar-refractivity contribution < 1.29 is 4.79 Å². The van der Waals surface area contributed by atoms with Gasteiger partial charge in [-0.25, -0.2) is 0 Å². The first-order valence-electron chi connectivity index (χ1n) is 5.56. The first-order chi connectivity index (χ1) is 8.90. The van der Waals surface area contributed by atoms with Crippen LogP contribution < -0.4 is 0 Å². The van der Waals surface area contributed by atoms with Gasteiger partial charge in [0.05, 0.1) is 22.3 Å². The normalized spacial score (nSPS) is 10.8. The van der Waals surface area contributed by atoms with Gasteiger partial charge >= 0.3 is 0 Å². The van der Waals surface area contributed by atoms with E-state index in [1.807, 2.05) is 32.2 Å². The van der Waals surface area contributed by atoms with Crippen LogP contribution >= 0.6 is 47.8 Å². The van der Waals surface area contributed by atoms with Crippen molar-refractivity contribution in [2.45, 2.75) is 13.3 Å². The summed E-state index contributed by atoms with van der Waals surface area (Å²) < 4.78 is 4.33. The molecule has 1 heterocycles. The largest absolute Gasteiger partial charge is 0.294 e. The Morgan fingerprint density at radius 3 is 2.58 bits per heavy atom. The summed E-state index contributed by atoms with van der Waals surface area (Å²) in [4.78, 5) is 12.4. The third-order valence-electron chi connectivity index (χ3n) is 2.82. The molecule has 0 aliphatic heterocycles. The Labute approximate surface area is 136 Å². The van der Waals surface area contributed by atoms with E-state index in [0.717, 1.165) is 24.8 Å². The standard InChI is InChI=1S/C13H11Br3N2O/c1-7-13(16)11(18(2)17-7)6-12(19)9-5-8(14)3-4-10(9)15/h3-5H,6H2,1-2H3. The number of hydrogen-bond acceptors (Lipinski definition) is 2. The van der Waals surface area contributed by atoms with E-state index in [4.69, 9.17) is 0 Å². The van der Waals surface area contributed by atoms with Gasteiger partial charge < -0.3 is 0 Å². The highest BCUT2D eigenvalue weighted by Crippen LogP contribution is 2.25. The van der Waals surface area contributed by atoms with E-state index in [1.54, 1.807) is 4.68 Å². The third-order valence-corrected chi connectivity index (χ3v) is 5.03. The van der Waals surface area contributed by atoms with Gasteiger partial charge in [0.15, 0.2) is 5.78 Å². The molecule has 0 unspecified atom stereocenters. The Kier molecular flexibility index (Phi) is 4.63. The van der Waals surface area contributed by atoms with E-state index in [9.17, 15) is 4.79 Å². The van der Waals surface area contributed by atoms with Crippen LogP contribution in [0.15, 0.2) is 31.6 Å². The number of Topliss-reactive ketones (excluding diaryl/α,β-unsaturated/α-hetero) is 1. The number of carbonyl (C=O) groups excluding carboxylic acids is 1. The van der Waals surface area contributed by atoms with Gasteiger partial charge in [-0.3, -0.25) is 9.48 Å². The van der Waals surface area contributed by atoms with Gasteiger partial charge in [-0.15, -0.1) is 0 Å². The summed E-state index contributed by atoms with van der Waals surface area (Å²) in [5.41, 5.74) is 2.44. The highest BCUT2D eigenvalue weighted by molar-refractivity contribution is 9.11. The number of halogens is 3. The summed E-state index contributed by atoms with van der Waals surface area (Å²) in [5.74, 6) is 0.0527. The van der Waals surface area contributed by atoms with Crippen molar-refractivity contribution in [3.05, 3.63) is 48.6 Å². The molecule has 6 heteroatoms. The second kappa shape index (κ2) is 5.89. The maximum Gasteiger partial charge on any atom is 0.170 e. The summed E-state index contributed by atoms with van der Waals surface area (Å²) >= 11 is 10.3. The van der Waals surface area contributed by atoms with E-state index in [2.05, 4.69) is 52.9 Å². The molecule has 100 valence electrons. The molecule has 0 bridgehead atoms. The predicted molar refractivity (Wildman–Crippen MR) is 85.5 cm³/mol. The molecule has 1 aromatic heterocycles. The second-order valence-electron chi connectivity index (χ2n) is 4.19. The predicted octanol–water partition coefficient (Wildman–Crippen LogP) is 4.44. The van der Waals surface area contributed by atoms with Gasteiger partial charge in [0.25, 0.3) is 0 Å². The minimum Gasteiger partial charge on any atom is -0.294 e. The number of nitrogens with zero attached hydrogens (tertiary/aromatic N) is 2. The summed E-state index contributed by atoms with van der Waals surface area (Å²) in [6.45, 7) is 1.91. The smallest absolute Gasteiger partial charge is 0.170 e. The Morgan fingerprint density at radius 1 is 1.32 bits per heavy atom. The van der Waals surface area contributed by atoms with Gasteiger partial charge in [0.1, 0.15) is 0 Å². The number of benzene rings is 1. The maximum atomic E-state index is 12.4. The molecule has 1 aromatic carbocycles. The van der Waals surface area contributed by atoms with Crippen molar-refractivity contribution in [1.29, 1.82) is 0 Å². The fraction of sp³-hybridized carbons (Fsp3) is 0.231. The quantitative estimate of drug-likeness (QED) is 0.648. The fourth-order valence-electron chi connectivity index (χ4n) is 1.83. The first-order valence-corrected chi connectivity index (χ1v) is 7.94. The van der Waals surface area contributed by atoms with Crippen molar-refractivity contribution in [1.82, 2.24) is 9.78 Å². The third kappa shape index (κ3) is 3.17. The summed E-state index contributed by atoms with van der Waals surface area (Å²) in [6.07, 6.45) is 0.312. The van der Waals surface area contributed by atoms with Crippen LogP contribution in [0.5, 0.6) is 0 Å². The van der Waals surface area contributed by atoms with E-state index in [1.165, 1.54) is 0 Å². The molecule has 0 aliphatic rings. The van der Waals surface area contributed by atoms with Crippen molar-refractivity contribution in [3.63, 3.8) is 0 Å². The minimum atomic E-state index is 0.0527. The number of aryl methyl sites for hydroxylation is 2. The van der Waals surface area contributed by atoms with Crippen LogP contribution in [0.4, 0.5) is 0 Å². The van der Waals surface area contributed by atoms with Crippen molar-refractivity contribution in [2.75, 3.05) is 0 Å². The minimum absolute atomic E-state index is 0.0527. The second-order valence-corrected chi connectivity index (χ2v) is 6.76. The Morgan fingerprint density at radius 2 is 2.00 bits per heavy atom. The zero-order chi connectivity index (χ0) is 14.2. The lowest BCUT2D eigenvalue weighted by Gasteiger charge is -2.06.